The van der Waals surface area contributed by atoms with E-state index < -0.39 is 0 Å². The summed E-state index contributed by atoms with van der Waals surface area (Å²) in [5.41, 5.74) is 4.41. The van der Waals surface area contributed by atoms with Crippen LogP contribution in [0.1, 0.15) is 23.4 Å². The molecule has 31 heavy (non-hydrogen) atoms. The van der Waals surface area contributed by atoms with E-state index in [0.29, 0.717) is 13.2 Å². The van der Waals surface area contributed by atoms with Crippen molar-refractivity contribution in [1.82, 2.24) is 9.55 Å². The molecule has 0 spiro atoms. The van der Waals surface area contributed by atoms with E-state index in [4.69, 9.17) is 19.2 Å². The van der Waals surface area contributed by atoms with E-state index >= 15 is 0 Å². The van der Waals surface area contributed by atoms with Gasteiger partial charge in [0, 0.05) is 12.6 Å². The maximum atomic E-state index is 6.15. The second kappa shape index (κ2) is 9.56. The van der Waals surface area contributed by atoms with Crippen molar-refractivity contribution in [2.45, 2.75) is 33.4 Å². The first-order chi connectivity index (χ1) is 15.1. The molecule has 0 unspecified atom stereocenters. The van der Waals surface area contributed by atoms with Gasteiger partial charge in [-0.15, -0.1) is 0 Å². The summed E-state index contributed by atoms with van der Waals surface area (Å²) < 4.78 is 19.5. The predicted molar refractivity (Wildman–Crippen MR) is 123 cm³/mol. The Labute approximate surface area is 183 Å². The minimum Gasteiger partial charge on any atom is -0.497 e. The van der Waals surface area contributed by atoms with Crippen molar-refractivity contribution < 1.29 is 14.2 Å². The third-order valence-electron chi connectivity index (χ3n) is 5.27. The predicted octanol–water partition coefficient (Wildman–Crippen LogP) is 5.71. The van der Waals surface area contributed by atoms with Crippen molar-refractivity contribution in [2.75, 3.05) is 13.7 Å². The van der Waals surface area contributed by atoms with Gasteiger partial charge in [-0.2, -0.15) is 0 Å². The van der Waals surface area contributed by atoms with Crippen LogP contribution in [-0.4, -0.2) is 23.3 Å². The van der Waals surface area contributed by atoms with Gasteiger partial charge in [0.25, 0.3) is 0 Å². The lowest BCUT2D eigenvalue weighted by Crippen LogP contribution is -2.10. The number of hydrogen-bond donors (Lipinski definition) is 0. The van der Waals surface area contributed by atoms with Crippen molar-refractivity contribution in [2.24, 2.45) is 0 Å². The third kappa shape index (κ3) is 5.00. The summed E-state index contributed by atoms with van der Waals surface area (Å²) in [5, 5.41) is 0. The maximum absolute atomic E-state index is 6.15. The van der Waals surface area contributed by atoms with Crippen molar-refractivity contribution in [3.05, 3.63) is 83.7 Å². The molecule has 0 aliphatic rings. The lowest BCUT2D eigenvalue weighted by atomic mass is 10.1. The molecular formula is C26H28N2O3. The van der Waals surface area contributed by atoms with Gasteiger partial charge in [-0.3, -0.25) is 0 Å². The van der Waals surface area contributed by atoms with Crippen molar-refractivity contribution in [1.29, 1.82) is 0 Å². The Morgan fingerprint density at radius 3 is 2.58 bits per heavy atom. The Balaban J connectivity index is 1.45. The van der Waals surface area contributed by atoms with Crippen molar-refractivity contribution in [3.63, 3.8) is 0 Å². The molecule has 0 aliphatic carbocycles. The van der Waals surface area contributed by atoms with Gasteiger partial charge in [0.05, 0.1) is 24.8 Å². The number of fused-ring (bicyclic) bond motifs is 1. The number of nitrogens with zero attached hydrogens (tertiary/aromatic N) is 2. The molecule has 0 radical (unpaired) electrons. The highest BCUT2D eigenvalue weighted by Crippen LogP contribution is 2.23. The van der Waals surface area contributed by atoms with Gasteiger partial charge in [0.15, 0.2) is 0 Å². The van der Waals surface area contributed by atoms with E-state index in [1.54, 1.807) is 7.11 Å². The molecule has 0 saturated carbocycles. The second-order valence-corrected chi connectivity index (χ2v) is 7.61. The number of rotatable bonds is 9. The van der Waals surface area contributed by atoms with Gasteiger partial charge in [-0.25, -0.2) is 4.98 Å². The highest BCUT2D eigenvalue weighted by atomic mass is 16.5. The fourth-order valence-electron chi connectivity index (χ4n) is 3.59. The Bertz CT molecular complexity index is 1170. The minimum atomic E-state index is 0.426. The van der Waals surface area contributed by atoms with Gasteiger partial charge in [-0.05, 0) is 61.7 Å². The number of hydrogen-bond acceptors (Lipinski definition) is 4. The molecule has 0 bridgehead atoms. The van der Waals surface area contributed by atoms with E-state index in [0.717, 1.165) is 52.6 Å². The van der Waals surface area contributed by atoms with Gasteiger partial charge in [-0.1, -0.05) is 30.3 Å². The molecule has 4 rings (SSSR count). The molecule has 0 amide bonds. The zero-order valence-electron chi connectivity index (χ0n) is 18.3. The Kier molecular flexibility index (Phi) is 6.41. The molecule has 1 heterocycles. The summed E-state index contributed by atoms with van der Waals surface area (Å²) in [6, 6.07) is 22.1. The lowest BCUT2D eigenvalue weighted by Gasteiger charge is -2.13. The zero-order valence-corrected chi connectivity index (χ0v) is 18.3. The fraction of sp³-hybridized carbons (Fsp3) is 0.269. The average Bonchev–Trinajstić information content (AvgIpc) is 3.15. The molecule has 0 N–H and O–H groups in total. The fourth-order valence-corrected chi connectivity index (χ4v) is 3.59. The molecular weight excluding hydrogens is 388 g/mol. The van der Waals surface area contributed by atoms with Crippen molar-refractivity contribution in [3.8, 4) is 17.2 Å². The molecule has 1 aromatic heterocycles. The number of aromatic nitrogens is 2. The smallest absolute Gasteiger partial charge is 0.148 e. The van der Waals surface area contributed by atoms with E-state index in [9.17, 15) is 0 Å². The number of methoxy groups -OCH3 is 1. The molecule has 5 nitrogen and oxygen atoms in total. The van der Waals surface area contributed by atoms with Crippen molar-refractivity contribution >= 4 is 11.0 Å². The minimum absolute atomic E-state index is 0.426. The number of aryl methyl sites for hydroxylation is 3. The molecule has 0 atom stereocenters. The zero-order chi connectivity index (χ0) is 21.6. The normalized spacial score (nSPS) is 10.9. The SMILES string of the molecule is COc1cccc(OCCCn2c(COc3cc(C)ccc3C)nc3ccccc32)c1. The summed E-state index contributed by atoms with van der Waals surface area (Å²) in [4.78, 5) is 4.82. The summed E-state index contributed by atoms with van der Waals surface area (Å²) in [6.45, 7) is 5.97. The first-order valence-electron chi connectivity index (χ1n) is 10.5. The monoisotopic (exact) mass is 416 g/mol. The van der Waals surface area contributed by atoms with Crippen LogP contribution in [0, 0.1) is 13.8 Å². The first kappa shape index (κ1) is 20.8. The highest BCUT2D eigenvalue weighted by Gasteiger charge is 2.12. The van der Waals surface area contributed by atoms with Gasteiger partial charge in [0.2, 0.25) is 0 Å². The molecule has 4 aromatic rings. The van der Waals surface area contributed by atoms with Crippen LogP contribution in [0.25, 0.3) is 11.0 Å². The number of benzene rings is 3. The summed E-state index contributed by atoms with van der Waals surface area (Å²) in [6.07, 6.45) is 0.855. The standard InChI is InChI=1S/C26H28N2O3/c1-19-12-13-20(2)25(16-19)31-18-26-27-23-10-4-5-11-24(23)28(26)14-7-15-30-22-9-6-8-21(17-22)29-3/h4-6,8-13,16-17H,7,14-15,18H2,1-3H3. The van der Waals surface area contributed by atoms with Crippen LogP contribution in [0.3, 0.4) is 0 Å². The van der Waals surface area contributed by atoms with Crippen LogP contribution < -0.4 is 14.2 Å². The number of para-hydroxylation sites is 2. The van der Waals surface area contributed by atoms with Crippen LogP contribution in [0.2, 0.25) is 0 Å². The Morgan fingerprint density at radius 2 is 1.71 bits per heavy atom. The molecule has 3 aromatic carbocycles. The van der Waals surface area contributed by atoms with Gasteiger partial charge >= 0.3 is 0 Å². The van der Waals surface area contributed by atoms with E-state index in [1.807, 2.05) is 42.5 Å². The second-order valence-electron chi connectivity index (χ2n) is 7.61. The van der Waals surface area contributed by atoms with E-state index in [-0.39, 0.29) is 0 Å². The number of ether oxygens (including phenoxy) is 3. The van der Waals surface area contributed by atoms with Crippen LogP contribution in [-0.2, 0) is 13.2 Å². The quantitative estimate of drug-likeness (QED) is 0.328. The highest BCUT2D eigenvalue weighted by molar-refractivity contribution is 5.75. The topological polar surface area (TPSA) is 45.5 Å². The maximum Gasteiger partial charge on any atom is 0.148 e. The summed E-state index contributed by atoms with van der Waals surface area (Å²) in [7, 11) is 1.66. The van der Waals surface area contributed by atoms with E-state index in [2.05, 4.69) is 42.7 Å². The van der Waals surface area contributed by atoms with Crippen LogP contribution >= 0.6 is 0 Å². The number of imidazole rings is 1. The van der Waals surface area contributed by atoms with E-state index in [1.165, 1.54) is 5.56 Å². The Morgan fingerprint density at radius 1 is 0.871 bits per heavy atom. The third-order valence-corrected chi connectivity index (χ3v) is 5.27. The molecule has 0 aliphatic heterocycles. The average molecular weight is 417 g/mol. The molecule has 0 fully saturated rings. The Hall–Kier alpha value is -3.47. The molecule has 0 saturated heterocycles. The summed E-state index contributed by atoms with van der Waals surface area (Å²) >= 11 is 0. The van der Waals surface area contributed by atoms with Crippen LogP contribution in [0.15, 0.2) is 66.7 Å². The van der Waals surface area contributed by atoms with Crippen LogP contribution in [0.4, 0.5) is 0 Å². The van der Waals surface area contributed by atoms with Gasteiger partial charge in [0.1, 0.15) is 29.7 Å². The summed E-state index contributed by atoms with van der Waals surface area (Å²) in [5.74, 6) is 3.43. The first-order valence-corrected chi connectivity index (χ1v) is 10.5. The lowest BCUT2D eigenvalue weighted by molar-refractivity contribution is 0.278. The van der Waals surface area contributed by atoms with Crippen LogP contribution in [0.5, 0.6) is 17.2 Å². The molecule has 160 valence electrons. The van der Waals surface area contributed by atoms with Gasteiger partial charge < -0.3 is 18.8 Å². The largest absolute Gasteiger partial charge is 0.497 e. The molecule has 5 heteroatoms.